The third kappa shape index (κ3) is 5.59. The maximum atomic E-state index is 14.3. The Balaban J connectivity index is 1.54. The number of alkyl halides is 3. The molecule has 3 aromatic rings. The van der Waals surface area contributed by atoms with Crippen LogP contribution in [0.2, 0.25) is 0 Å². The average molecular weight is 511 g/mol. The third-order valence-electron chi connectivity index (χ3n) is 6.19. The number of benzene rings is 1. The molecule has 3 N–H and O–H groups in total. The third-order valence-corrected chi connectivity index (χ3v) is 7.47. The first kappa shape index (κ1) is 25.0. The predicted octanol–water partition coefficient (Wildman–Crippen LogP) is 5.60. The lowest BCUT2D eigenvalue weighted by molar-refractivity contribution is -0.144. The van der Waals surface area contributed by atoms with Crippen molar-refractivity contribution in [2.45, 2.75) is 44.4 Å². The van der Waals surface area contributed by atoms with Gasteiger partial charge in [-0.3, -0.25) is 4.79 Å². The van der Waals surface area contributed by atoms with E-state index in [9.17, 15) is 32.6 Å². The second-order valence-corrected chi connectivity index (χ2v) is 9.71. The molecule has 1 aromatic carbocycles. The van der Waals surface area contributed by atoms with Crippen LogP contribution >= 0.6 is 11.3 Å². The van der Waals surface area contributed by atoms with Crippen LogP contribution in [0, 0.1) is 17.7 Å². The summed E-state index contributed by atoms with van der Waals surface area (Å²) in [5, 5.41) is 23.4. The standard InChI is InChI=1S/C23H22F4N4O3S/c1-22(34,14-4-2-12(3-5-14)19(32)33)20-29-11-17(35-20)13-8-15(24)10-16(9-13)30-21-28-7-6-18(31-21)23(25,26)27/h6-12,14,34H,2-5H2,1H3,(H,32,33)(H,28,30,31)/t12?,14?,22-/m0/s1. The molecule has 2 heterocycles. The smallest absolute Gasteiger partial charge is 0.433 e. The first-order valence-electron chi connectivity index (χ1n) is 10.8. The summed E-state index contributed by atoms with van der Waals surface area (Å²) >= 11 is 1.17. The van der Waals surface area contributed by atoms with Gasteiger partial charge in [0.2, 0.25) is 5.95 Å². The Morgan fingerprint density at radius 1 is 1.14 bits per heavy atom. The number of aromatic nitrogens is 3. The van der Waals surface area contributed by atoms with Gasteiger partial charge in [0.15, 0.2) is 0 Å². The van der Waals surface area contributed by atoms with Crippen molar-refractivity contribution in [3.8, 4) is 10.4 Å². The van der Waals surface area contributed by atoms with E-state index in [2.05, 4.69) is 20.3 Å². The minimum absolute atomic E-state index is 0.146. The molecule has 186 valence electrons. The maximum absolute atomic E-state index is 14.3. The lowest BCUT2D eigenvalue weighted by Crippen LogP contribution is -2.35. The molecule has 2 aromatic heterocycles. The predicted molar refractivity (Wildman–Crippen MR) is 120 cm³/mol. The number of halogens is 4. The van der Waals surface area contributed by atoms with Gasteiger partial charge in [-0.2, -0.15) is 13.2 Å². The first-order valence-corrected chi connectivity index (χ1v) is 11.6. The summed E-state index contributed by atoms with van der Waals surface area (Å²) < 4.78 is 53.1. The van der Waals surface area contributed by atoms with Gasteiger partial charge in [-0.05, 0) is 68.4 Å². The van der Waals surface area contributed by atoms with Crippen molar-refractivity contribution >= 4 is 28.9 Å². The Bertz CT molecular complexity index is 1220. The molecule has 0 radical (unpaired) electrons. The van der Waals surface area contributed by atoms with Gasteiger partial charge < -0.3 is 15.5 Å². The highest BCUT2D eigenvalue weighted by Gasteiger charge is 2.40. The summed E-state index contributed by atoms with van der Waals surface area (Å²) in [6, 6.07) is 4.62. The second-order valence-electron chi connectivity index (χ2n) is 8.68. The Morgan fingerprint density at radius 2 is 1.86 bits per heavy atom. The molecule has 0 bridgehead atoms. The van der Waals surface area contributed by atoms with Crippen molar-refractivity contribution in [3.05, 3.63) is 53.2 Å². The maximum Gasteiger partial charge on any atom is 0.433 e. The highest BCUT2D eigenvalue weighted by molar-refractivity contribution is 7.15. The van der Waals surface area contributed by atoms with Crippen molar-refractivity contribution in [1.82, 2.24) is 15.0 Å². The van der Waals surface area contributed by atoms with Gasteiger partial charge in [0.25, 0.3) is 0 Å². The zero-order valence-electron chi connectivity index (χ0n) is 18.5. The number of anilines is 2. The molecular weight excluding hydrogens is 488 g/mol. The van der Waals surface area contributed by atoms with Gasteiger partial charge in [-0.25, -0.2) is 19.3 Å². The van der Waals surface area contributed by atoms with E-state index < -0.39 is 35.2 Å². The number of carboxylic acids is 1. The number of hydrogen-bond donors (Lipinski definition) is 3. The molecule has 0 saturated heterocycles. The summed E-state index contributed by atoms with van der Waals surface area (Å²) in [7, 11) is 0. The zero-order chi connectivity index (χ0) is 25.4. The fraction of sp³-hybridized carbons (Fsp3) is 0.391. The van der Waals surface area contributed by atoms with Gasteiger partial charge in [0, 0.05) is 18.1 Å². The van der Waals surface area contributed by atoms with Crippen molar-refractivity contribution in [2.75, 3.05) is 5.32 Å². The lowest BCUT2D eigenvalue weighted by atomic mass is 9.74. The Labute approximate surface area is 201 Å². The van der Waals surface area contributed by atoms with Crippen LogP contribution in [0.4, 0.5) is 29.2 Å². The van der Waals surface area contributed by atoms with E-state index in [1.807, 2.05) is 0 Å². The molecule has 0 amide bonds. The van der Waals surface area contributed by atoms with E-state index in [0.29, 0.717) is 41.1 Å². The summed E-state index contributed by atoms with van der Waals surface area (Å²) in [6.07, 6.45) is -0.143. The molecule has 1 saturated carbocycles. The van der Waals surface area contributed by atoms with Gasteiger partial charge in [-0.1, -0.05) is 0 Å². The fourth-order valence-corrected chi connectivity index (χ4v) is 5.26. The van der Waals surface area contributed by atoms with Gasteiger partial charge >= 0.3 is 12.1 Å². The molecule has 12 heteroatoms. The van der Waals surface area contributed by atoms with Crippen LogP contribution in [0.15, 0.2) is 36.7 Å². The number of aliphatic carboxylic acids is 1. The molecule has 0 spiro atoms. The molecule has 1 aliphatic rings. The minimum atomic E-state index is -4.64. The summed E-state index contributed by atoms with van der Waals surface area (Å²) in [5.41, 5.74) is -1.85. The largest absolute Gasteiger partial charge is 0.481 e. The van der Waals surface area contributed by atoms with Gasteiger partial charge in [-0.15, -0.1) is 11.3 Å². The van der Waals surface area contributed by atoms with E-state index >= 15 is 0 Å². The molecule has 1 aliphatic carbocycles. The Hall–Kier alpha value is -3.12. The zero-order valence-corrected chi connectivity index (χ0v) is 19.3. The average Bonchev–Trinajstić information content (AvgIpc) is 3.30. The molecule has 0 unspecified atom stereocenters. The van der Waals surface area contributed by atoms with E-state index in [1.54, 1.807) is 6.92 Å². The molecule has 0 aliphatic heterocycles. The van der Waals surface area contributed by atoms with Crippen LogP contribution in [-0.4, -0.2) is 31.1 Å². The Kier molecular flexibility index (Phi) is 6.78. The van der Waals surface area contributed by atoms with Crippen molar-refractivity contribution < 1.29 is 32.6 Å². The number of rotatable bonds is 6. The van der Waals surface area contributed by atoms with Gasteiger partial charge in [0.1, 0.15) is 22.1 Å². The molecule has 35 heavy (non-hydrogen) atoms. The number of thiazole rings is 1. The topological polar surface area (TPSA) is 108 Å². The van der Waals surface area contributed by atoms with Crippen LogP contribution in [0.1, 0.15) is 43.3 Å². The number of carbonyl (C=O) groups is 1. The van der Waals surface area contributed by atoms with Crippen molar-refractivity contribution in [3.63, 3.8) is 0 Å². The van der Waals surface area contributed by atoms with Crippen LogP contribution in [-0.2, 0) is 16.6 Å². The molecular formula is C23H22F4N4O3S. The molecule has 1 atom stereocenters. The van der Waals surface area contributed by atoms with E-state index in [-0.39, 0.29) is 17.6 Å². The summed E-state index contributed by atoms with van der Waals surface area (Å²) in [6.45, 7) is 1.64. The van der Waals surface area contributed by atoms with Crippen LogP contribution in [0.5, 0.6) is 0 Å². The lowest BCUT2D eigenvalue weighted by Gasteiger charge is -2.35. The first-order chi connectivity index (χ1) is 16.4. The SMILES string of the molecule is C[C@@](O)(c1ncc(-c2cc(F)cc(Nc3nccc(C(F)(F)F)n3)c2)s1)C1CCC(C(=O)O)CC1. The van der Waals surface area contributed by atoms with Crippen molar-refractivity contribution in [2.24, 2.45) is 11.8 Å². The highest BCUT2D eigenvalue weighted by atomic mass is 32.1. The number of aliphatic hydroxyl groups is 1. The quantitative estimate of drug-likeness (QED) is 0.371. The number of carboxylic acid groups (broad SMARTS) is 1. The van der Waals surface area contributed by atoms with Crippen molar-refractivity contribution in [1.29, 1.82) is 0 Å². The normalized spacial score (nSPS) is 20.3. The number of nitrogens with zero attached hydrogens (tertiary/aromatic N) is 3. The summed E-state index contributed by atoms with van der Waals surface area (Å²) in [4.78, 5) is 23.3. The molecule has 1 fully saturated rings. The fourth-order valence-electron chi connectivity index (χ4n) is 4.23. The van der Waals surface area contributed by atoms with Crippen LogP contribution in [0.3, 0.4) is 0 Å². The van der Waals surface area contributed by atoms with Crippen LogP contribution < -0.4 is 5.32 Å². The molecule has 4 rings (SSSR count). The summed E-state index contributed by atoms with van der Waals surface area (Å²) in [5.74, 6) is -2.37. The van der Waals surface area contributed by atoms with E-state index in [1.165, 1.54) is 29.7 Å². The number of nitrogens with one attached hydrogen (secondary N) is 1. The molecule has 7 nitrogen and oxygen atoms in total. The van der Waals surface area contributed by atoms with E-state index in [4.69, 9.17) is 0 Å². The monoisotopic (exact) mass is 510 g/mol. The van der Waals surface area contributed by atoms with Gasteiger partial charge in [0.05, 0.1) is 10.8 Å². The highest BCUT2D eigenvalue weighted by Crippen LogP contribution is 2.43. The minimum Gasteiger partial charge on any atom is -0.481 e. The number of hydrogen-bond acceptors (Lipinski definition) is 7. The van der Waals surface area contributed by atoms with Crippen LogP contribution in [0.25, 0.3) is 10.4 Å². The van der Waals surface area contributed by atoms with E-state index in [0.717, 1.165) is 18.3 Å². The Morgan fingerprint density at radius 3 is 2.51 bits per heavy atom. The second kappa shape index (κ2) is 9.50.